The van der Waals surface area contributed by atoms with Crippen LogP contribution in [0.15, 0.2) is 28.9 Å². The summed E-state index contributed by atoms with van der Waals surface area (Å²) in [6, 6.07) is 6.27. The number of nitrogens with one attached hydrogen (secondary N) is 1. The third-order valence-corrected chi connectivity index (χ3v) is 3.88. The monoisotopic (exact) mass is 333 g/mol. The first-order valence-corrected chi connectivity index (χ1v) is 7.61. The summed E-state index contributed by atoms with van der Waals surface area (Å²) in [6.45, 7) is 2.78. The molecule has 0 atom stereocenters. The highest BCUT2D eigenvalue weighted by Gasteiger charge is 2.13. The number of nitrogens with zero attached hydrogens (tertiary/aromatic N) is 2. The van der Waals surface area contributed by atoms with Crippen molar-refractivity contribution in [2.45, 2.75) is 26.2 Å². The van der Waals surface area contributed by atoms with Gasteiger partial charge in [0, 0.05) is 6.54 Å². The van der Waals surface area contributed by atoms with E-state index in [1.807, 2.05) is 13.0 Å². The van der Waals surface area contributed by atoms with Crippen LogP contribution >= 0.6 is 15.9 Å². The molecule has 1 aliphatic rings. The van der Waals surface area contributed by atoms with Crippen molar-refractivity contribution in [3.63, 3.8) is 0 Å². The minimum Gasteiger partial charge on any atom is -0.438 e. The van der Waals surface area contributed by atoms with E-state index in [0.29, 0.717) is 11.8 Å². The first-order chi connectivity index (χ1) is 9.76. The molecule has 0 fully saturated rings. The number of aromatic nitrogens is 2. The van der Waals surface area contributed by atoms with Gasteiger partial charge in [-0.25, -0.2) is 4.98 Å². The molecule has 0 aliphatic heterocycles. The average Bonchev–Trinajstić information content (AvgIpc) is 2.90. The van der Waals surface area contributed by atoms with Gasteiger partial charge in [0.05, 0.1) is 10.7 Å². The highest BCUT2D eigenvalue weighted by atomic mass is 79.9. The zero-order chi connectivity index (χ0) is 13.9. The predicted molar refractivity (Wildman–Crippen MR) is 82.4 cm³/mol. The molecular formula is C15H16BrN3O. The first-order valence-electron chi connectivity index (χ1n) is 6.82. The van der Waals surface area contributed by atoms with Crippen molar-refractivity contribution in [3.8, 4) is 11.6 Å². The van der Waals surface area contributed by atoms with Crippen molar-refractivity contribution >= 4 is 21.9 Å². The summed E-state index contributed by atoms with van der Waals surface area (Å²) in [5.41, 5.74) is 2.83. The Kier molecular flexibility index (Phi) is 3.87. The summed E-state index contributed by atoms with van der Waals surface area (Å²) >= 11 is 3.42. The zero-order valence-corrected chi connectivity index (χ0v) is 12.9. The van der Waals surface area contributed by atoms with Gasteiger partial charge in [-0.1, -0.05) is 6.07 Å². The zero-order valence-electron chi connectivity index (χ0n) is 11.3. The topological polar surface area (TPSA) is 47.0 Å². The third-order valence-electron chi connectivity index (χ3n) is 3.33. The molecule has 20 heavy (non-hydrogen) atoms. The summed E-state index contributed by atoms with van der Waals surface area (Å²) in [6.07, 6.45) is 5.26. The van der Waals surface area contributed by atoms with E-state index >= 15 is 0 Å². The second-order valence-electron chi connectivity index (χ2n) is 4.76. The van der Waals surface area contributed by atoms with E-state index < -0.39 is 0 Å². The molecule has 5 heteroatoms. The van der Waals surface area contributed by atoms with Crippen LogP contribution in [-0.2, 0) is 12.8 Å². The molecule has 0 amide bonds. The van der Waals surface area contributed by atoms with Crippen molar-refractivity contribution in [1.82, 2.24) is 9.97 Å². The van der Waals surface area contributed by atoms with E-state index in [-0.39, 0.29) is 0 Å². The van der Waals surface area contributed by atoms with Gasteiger partial charge in [0.2, 0.25) is 11.8 Å². The third kappa shape index (κ3) is 2.77. The highest BCUT2D eigenvalue weighted by molar-refractivity contribution is 9.10. The minimum atomic E-state index is 0.536. The second kappa shape index (κ2) is 5.79. The van der Waals surface area contributed by atoms with Crippen molar-refractivity contribution in [3.05, 3.63) is 40.0 Å². The quantitative estimate of drug-likeness (QED) is 0.920. The molecule has 0 saturated heterocycles. The van der Waals surface area contributed by atoms with Gasteiger partial charge >= 0.3 is 0 Å². The Hall–Kier alpha value is -1.62. The van der Waals surface area contributed by atoms with Crippen LogP contribution < -0.4 is 10.1 Å². The van der Waals surface area contributed by atoms with E-state index in [9.17, 15) is 0 Å². The number of benzene rings is 1. The van der Waals surface area contributed by atoms with Gasteiger partial charge in [-0.3, -0.25) is 0 Å². The van der Waals surface area contributed by atoms with Crippen molar-refractivity contribution in [2.75, 3.05) is 11.9 Å². The lowest BCUT2D eigenvalue weighted by Gasteiger charge is -2.09. The maximum atomic E-state index is 5.88. The molecule has 4 nitrogen and oxygen atoms in total. The Labute approximate surface area is 126 Å². The SMILES string of the molecule is CCNc1ncc(Br)c(Oc2ccc3c(c2)CCC3)n1. The van der Waals surface area contributed by atoms with Crippen LogP contribution in [0, 0.1) is 0 Å². The van der Waals surface area contributed by atoms with Crippen LogP contribution in [0.25, 0.3) is 0 Å². The molecule has 0 bridgehead atoms. The molecule has 0 unspecified atom stereocenters. The number of hydrogen-bond donors (Lipinski definition) is 1. The number of ether oxygens (including phenoxy) is 1. The fourth-order valence-electron chi connectivity index (χ4n) is 2.39. The van der Waals surface area contributed by atoms with Crippen molar-refractivity contribution < 1.29 is 4.74 Å². The van der Waals surface area contributed by atoms with Gasteiger partial charge in [0.15, 0.2) is 0 Å². The lowest BCUT2D eigenvalue weighted by Crippen LogP contribution is -2.03. The maximum Gasteiger partial charge on any atom is 0.238 e. The lowest BCUT2D eigenvalue weighted by atomic mass is 10.1. The van der Waals surface area contributed by atoms with E-state index in [1.54, 1.807) is 6.20 Å². The van der Waals surface area contributed by atoms with Crippen LogP contribution in [-0.4, -0.2) is 16.5 Å². The second-order valence-corrected chi connectivity index (χ2v) is 5.62. The van der Waals surface area contributed by atoms with Gasteiger partial charge < -0.3 is 10.1 Å². The van der Waals surface area contributed by atoms with E-state index in [0.717, 1.165) is 23.2 Å². The summed E-state index contributed by atoms with van der Waals surface area (Å²) in [5.74, 6) is 1.94. The highest BCUT2D eigenvalue weighted by Crippen LogP contribution is 2.31. The lowest BCUT2D eigenvalue weighted by molar-refractivity contribution is 0.458. The van der Waals surface area contributed by atoms with Gasteiger partial charge in [-0.05, 0) is 65.4 Å². The van der Waals surface area contributed by atoms with Crippen LogP contribution in [0.4, 0.5) is 5.95 Å². The summed E-state index contributed by atoms with van der Waals surface area (Å²) in [4.78, 5) is 8.54. The van der Waals surface area contributed by atoms with Crippen LogP contribution in [0.3, 0.4) is 0 Å². The predicted octanol–water partition coefficient (Wildman–Crippen LogP) is 3.95. The van der Waals surface area contributed by atoms with Gasteiger partial charge in [-0.15, -0.1) is 0 Å². The number of anilines is 1. The van der Waals surface area contributed by atoms with Crippen LogP contribution in [0.1, 0.15) is 24.5 Å². The smallest absolute Gasteiger partial charge is 0.238 e. The summed E-state index contributed by atoms with van der Waals surface area (Å²) in [7, 11) is 0. The molecule has 1 N–H and O–H groups in total. The fraction of sp³-hybridized carbons (Fsp3) is 0.333. The standard InChI is InChI=1S/C15H16BrN3O/c1-2-17-15-18-9-13(16)14(19-15)20-12-7-6-10-4-3-5-11(10)8-12/h6-9H,2-5H2,1H3,(H,17,18,19). The van der Waals surface area contributed by atoms with Gasteiger partial charge in [0.25, 0.3) is 0 Å². The van der Waals surface area contributed by atoms with Gasteiger partial charge in [0.1, 0.15) is 5.75 Å². The molecule has 1 aromatic carbocycles. The van der Waals surface area contributed by atoms with Crippen LogP contribution in [0.5, 0.6) is 11.6 Å². The van der Waals surface area contributed by atoms with E-state index in [2.05, 4.69) is 43.3 Å². The summed E-state index contributed by atoms with van der Waals surface area (Å²) in [5, 5.41) is 3.08. The number of hydrogen-bond acceptors (Lipinski definition) is 4. The number of aryl methyl sites for hydroxylation is 2. The minimum absolute atomic E-state index is 0.536. The molecule has 1 aromatic heterocycles. The largest absolute Gasteiger partial charge is 0.438 e. The molecular weight excluding hydrogens is 318 g/mol. The first kappa shape index (κ1) is 13.4. The van der Waals surface area contributed by atoms with Crippen molar-refractivity contribution in [1.29, 1.82) is 0 Å². The number of rotatable bonds is 4. The Balaban J connectivity index is 1.85. The molecule has 1 aliphatic carbocycles. The maximum absolute atomic E-state index is 5.88. The van der Waals surface area contributed by atoms with E-state index in [4.69, 9.17) is 4.74 Å². The van der Waals surface area contributed by atoms with Gasteiger partial charge in [-0.2, -0.15) is 4.98 Å². The van der Waals surface area contributed by atoms with Crippen LogP contribution in [0.2, 0.25) is 0 Å². The molecule has 2 aromatic rings. The Bertz CT molecular complexity index is 631. The molecule has 1 heterocycles. The van der Waals surface area contributed by atoms with Crippen molar-refractivity contribution in [2.24, 2.45) is 0 Å². The number of halogens is 1. The fourth-order valence-corrected chi connectivity index (χ4v) is 2.66. The number of fused-ring (bicyclic) bond motifs is 1. The molecule has 3 rings (SSSR count). The Morgan fingerprint density at radius 1 is 1.30 bits per heavy atom. The Morgan fingerprint density at radius 2 is 2.15 bits per heavy atom. The Morgan fingerprint density at radius 3 is 3.00 bits per heavy atom. The normalized spacial score (nSPS) is 13.1. The summed E-state index contributed by atoms with van der Waals surface area (Å²) < 4.78 is 6.63. The molecule has 0 saturated carbocycles. The molecule has 0 spiro atoms. The molecule has 0 radical (unpaired) electrons. The molecule has 104 valence electrons. The van der Waals surface area contributed by atoms with E-state index in [1.165, 1.54) is 24.0 Å². The average molecular weight is 334 g/mol.